The summed E-state index contributed by atoms with van der Waals surface area (Å²) in [6.45, 7) is -0.180. The van der Waals surface area contributed by atoms with Crippen LogP contribution >= 0.6 is 15.9 Å². The van der Waals surface area contributed by atoms with Gasteiger partial charge in [0, 0.05) is 23.6 Å². The smallest absolute Gasteiger partial charge is 0.341 e. The molecule has 156 valence electrons. The molecule has 3 rings (SSSR count). The molecule has 0 aliphatic heterocycles. The summed E-state index contributed by atoms with van der Waals surface area (Å²) in [5, 5.41) is 15.1. The van der Waals surface area contributed by atoms with Crippen molar-refractivity contribution in [2.75, 3.05) is 31.0 Å². The highest BCUT2D eigenvalue weighted by Crippen LogP contribution is 2.28. The van der Waals surface area contributed by atoms with E-state index in [1.54, 1.807) is 30.5 Å². The van der Waals surface area contributed by atoms with E-state index in [0.29, 0.717) is 21.7 Å². The molecular weight excluding hydrogens is 459 g/mol. The molecule has 0 saturated heterocycles. The molecule has 3 N–H and O–H groups in total. The Labute approximate surface area is 180 Å². The Morgan fingerprint density at radius 1 is 1.17 bits per heavy atom. The second kappa shape index (κ2) is 9.99. The maximum absolute atomic E-state index is 13.1. The SMILES string of the molecule is COC(=O)c1ccc(Nc2ncc(Br)c(Nc3ccc(F)cc3)n2)cc1OCCO. The van der Waals surface area contributed by atoms with Gasteiger partial charge in [-0.15, -0.1) is 0 Å². The number of nitrogens with zero attached hydrogens (tertiary/aromatic N) is 2. The third kappa shape index (κ3) is 5.43. The minimum atomic E-state index is -0.555. The van der Waals surface area contributed by atoms with Gasteiger partial charge in [0.25, 0.3) is 0 Å². The summed E-state index contributed by atoms with van der Waals surface area (Å²) in [6.07, 6.45) is 1.56. The van der Waals surface area contributed by atoms with Gasteiger partial charge in [-0.05, 0) is 52.3 Å². The van der Waals surface area contributed by atoms with Crippen molar-refractivity contribution in [1.82, 2.24) is 9.97 Å². The molecule has 0 amide bonds. The number of hydrogen-bond donors (Lipinski definition) is 3. The number of hydrogen-bond acceptors (Lipinski definition) is 8. The lowest BCUT2D eigenvalue weighted by atomic mass is 10.2. The van der Waals surface area contributed by atoms with Gasteiger partial charge >= 0.3 is 5.97 Å². The summed E-state index contributed by atoms with van der Waals surface area (Å²) in [4.78, 5) is 20.5. The predicted molar refractivity (Wildman–Crippen MR) is 113 cm³/mol. The molecule has 1 heterocycles. The van der Waals surface area contributed by atoms with E-state index >= 15 is 0 Å². The Morgan fingerprint density at radius 2 is 1.90 bits per heavy atom. The summed E-state index contributed by atoms with van der Waals surface area (Å²) < 4.78 is 23.9. The average molecular weight is 477 g/mol. The van der Waals surface area contributed by atoms with Gasteiger partial charge in [-0.3, -0.25) is 0 Å². The number of rotatable bonds is 8. The Hall–Kier alpha value is -3.24. The van der Waals surface area contributed by atoms with Crippen molar-refractivity contribution in [2.24, 2.45) is 0 Å². The van der Waals surface area contributed by atoms with Gasteiger partial charge in [-0.2, -0.15) is 4.98 Å². The molecule has 1 aromatic heterocycles. The van der Waals surface area contributed by atoms with Gasteiger partial charge < -0.3 is 25.2 Å². The van der Waals surface area contributed by atoms with Crippen LogP contribution in [0, 0.1) is 5.82 Å². The maximum Gasteiger partial charge on any atom is 0.341 e. The van der Waals surface area contributed by atoms with Crippen molar-refractivity contribution < 1.29 is 23.8 Å². The highest BCUT2D eigenvalue weighted by molar-refractivity contribution is 9.10. The number of esters is 1. The lowest BCUT2D eigenvalue weighted by Crippen LogP contribution is -2.09. The molecule has 0 atom stereocenters. The summed E-state index contributed by atoms with van der Waals surface area (Å²) >= 11 is 3.38. The van der Waals surface area contributed by atoms with E-state index in [0.717, 1.165) is 0 Å². The zero-order valence-electron chi connectivity index (χ0n) is 15.9. The first kappa shape index (κ1) is 21.5. The number of carbonyl (C=O) groups is 1. The number of ether oxygens (including phenoxy) is 2. The zero-order valence-corrected chi connectivity index (χ0v) is 17.4. The highest BCUT2D eigenvalue weighted by atomic mass is 79.9. The van der Waals surface area contributed by atoms with Crippen molar-refractivity contribution in [2.45, 2.75) is 0 Å². The van der Waals surface area contributed by atoms with Crippen LogP contribution < -0.4 is 15.4 Å². The number of aliphatic hydroxyl groups excluding tert-OH is 1. The van der Waals surface area contributed by atoms with Crippen LogP contribution in [0.2, 0.25) is 0 Å². The molecule has 0 unspecified atom stereocenters. The van der Waals surface area contributed by atoms with Crippen LogP contribution in [0.5, 0.6) is 5.75 Å². The van der Waals surface area contributed by atoms with E-state index in [1.807, 2.05) is 0 Å². The van der Waals surface area contributed by atoms with Crippen molar-refractivity contribution in [1.29, 1.82) is 0 Å². The van der Waals surface area contributed by atoms with Crippen molar-refractivity contribution >= 4 is 45.0 Å². The lowest BCUT2D eigenvalue weighted by molar-refractivity contribution is 0.0594. The maximum atomic E-state index is 13.1. The molecule has 0 saturated carbocycles. The molecule has 0 spiro atoms. The average Bonchev–Trinajstić information content (AvgIpc) is 2.75. The first-order valence-electron chi connectivity index (χ1n) is 8.78. The summed E-state index contributed by atoms with van der Waals surface area (Å²) in [5.74, 6) is 0.117. The third-order valence-electron chi connectivity index (χ3n) is 3.84. The number of methoxy groups -OCH3 is 1. The number of benzene rings is 2. The van der Waals surface area contributed by atoms with Crippen molar-refractivity contribution in [3.63, 3.8) is 0 Å². The van der Waals surface area contributed by atoms with E-state index in [-0.39, 0.29) is 36.3 Å². The topological polar surface area (TPSA) is 106 Å². The molecular formula is C20H18BrFN4O4. The van der Waals surface area contributed by atoms with Gasteiger partial charge in [0.05, 0.1) is 18.2 Å². The Morgan fingerprint density at radius 3 is 2.60 bits per heavy atom. The van der Waals surface area contributed by atoms with Crippen LogP contribution in [0.1, 0.15) is 10.4 Å². The van der Waals surface area contributed by atoms with Crippen LogP contribution in [0.3, 0.4) is 0 Å². The second-order valence-corrected chi connectivity index (χ2v) is 6.78. The molecule has 0 fully saturated rings. The summed E-state index contributed by atoms with van der Waals surface area (Å²) in [5.41, 5.74) is 1.45. The highest BCUT2D eigenvalue weighted by Gasteiger charge is 2.15. The number of halogens is 2. The second-order valence-electron chi connectivity index (χ2n) is 5.92. The molecule has 8 nitrogen and oxygen atoms in total. The monoisotopic (exact) mass is 476 g/mol. The number of aliphatic hydroxyl groups is 1. The van der Waals surface area contributed by atoms with Gasteiger partial charge in [0.2, 0.25) is 5.95 Å². The normalized spacial score (nSPS) is 10.4. The minimum absolute atomic E-state index is 0.0218. The van der Waals surface area contributed by atoms with E-state index in [1.165, 1.54) is 25.3 Å². The Bertz CT molecular complexity index is 1030. The molecule has 0 aliphatic carbocycles. The van der Waals surface area contributed by atoms with Crippen LogP contribution in [0.4, 0.5) is 27.5 Å². The van der Waals surface area contributed by atoms with E-state index < -0.39 is 5.97 Å². The number of nitrogens with one attached hydrogen (secondary N) is 2. The number of aromatic nitrogens is 2. The summed E-state index contributed by atoms with van der Waals surface area (Å²) in [7, 11) is 1.27. The largest absolute Gasteiger partial charge is 0.490 e. The number of anilines is 4. The summed E-state index contributed by atoms with van der Waals surface area (Å²) in [6, 6.07) is 10.6. The molecule has 0 bridgehead atoms. The van der Waals surface area contributed by atoms with Gasteiger partial charge in [-0.1, -0.05) is 0 Å². The number of carbonyl (C=O) groups excluding carboxylic acids is 1. The Balaban J connectivity index is 1.83. The van der Waals surface area contributed by atoms with E-state index in [2.05, 4.69) is 36.5 Å². The predicted octanol–water partition coefficient (Wildman–Crippen LogP) is 4.02. The third-order valence-corrected chi connectivity index (χ3v) is 4.42. The lowest BCUT2D eigenvalue weighted by Gasteiger charge is -2.13. The van der Waals surface area contributed by atoms with Crippen molar-refractivity contribution in [3.05, 3.63) is 64.5 Å². The van der Waals surface area contributed by atoms with Gasteiger partial charge in [-0.25, -0.2) is 14.2 Å². The van der Waals surface area contributed by atoms with E-state index in [4.69, 9.17) is 14.6 Å². The fourth-order valence-electron chi connectivity index (χ4n) is 2.47. The molecule has 10 heteroatoms. The zero-order chi connectivity index (χ0) is 21.5. The van der Waals surface area contributed by atoms with Crippen LogP contribution in [0.15, 0.2) is 53.1 Å². The fraction of sp³-hybridized carbons (Fsp3) is 0.150. The quantitative estimate of drug-likeness (QED) is 0.418. The first-order valence-corrected chi connectivity index (χ1v) is 9.57. The van der Waals surface area contributed by atoms with Crippen molar-refractivity contribution in [3.8, 4) is 5.75 Å². The van der Waals surface area contributed by atoms with Crippen LogP contribution in [0.25, 0.3) is 0 Å². The standard InChI is InChI=1S/C20H18BrFN4O4/c1-29-19(28)15-7-6-14(10-17(15)30-9-8-27)25-20-23-11-16(21)18(26-20)24-13-4-2-12(22)3-5-13/h2-7,10-11,27H,8-9H2,1H3,(H2,23,24,25,26). The fourth-order valence-corrected chi connectivity index (χ4v) is 2.76. The molecule has 0 radical (unpaired) electrons. The van der Waals surface area contributed by atoms with E-state index in [9.17, 15) is 9.18 Å². The first-order chi connectivity index (χ1) is 14.5. The van der Waals surface area contributed by atoms with Gasteiger partial charge in [0.1, 0.15) is 29.6 Å². The Kier molecular flexibility index (Phi) is 7.15. The molecule has 30 heavy (non-hydrogen) atoms. The molecule has 3 aromatic rings. The molecule has 2 aromatic carbocycles. The van der Waals surface area contributed by atoms with Crippen LogP contribution in [-0.4, -0.2) is 41.4 Å². The van der Waals surface area contributed by atoms with Gasteiger partial charge in [0.15, 0.2) is 0 Å². The van der Waals surface area contributed by atoms with Crippen LogP contribution in [-0.2, 0) is 4.74 Å². The minimum Gasteiger partial charge on any atom is -0.490 e. The molecule has 0 aliphatic rings.